The second-order valence-corrected chi connectivity index (χ2v) is 6.32. The molecule has 0 fully saturated rings. The zero-order chi connectivity index (χ0) is 14.3. The minimum atomic E-state index is -1.21. The van der Waals surface area contributed by atoms with Crippen molar-refractivity contribution in [3.63, 3.8) is 0 Å². The topological polar surface area (TPSA) is 40.5 Å². The van der Waals surface area contributed by atoms with Crippen molar-refractivity contribution >= 4 is 34.0 Å². The molecule has 1 atom stereocenters. The fourth-order valence-electron chi connectivity index (χ4n) is 1.59. The van der Waals surface area contributed by atoms with Crippen LogP contribution in [-0.2, 0) is 10.8 Å². The number of hydrogen-bond donors (Lipinski definition) is 1. The first kappa shape index (κ1) is 16.7. The van der Waals surface area contributed by atoms with Crippen molar-refractivity contribution in [2.45, 2.75) is 4.90 Å². The van der Waals surface area contributed by atoms with Gasteiger partial charge in [0, 0.05) is 30.4 Å². The molecule has 0 aliphatic carbocycles. The molecule has 0 aliphatic rings. The van der Waals surface area contributed by atoms with Crippen molar-refractivity contribution in [3.8, 4) is 0 Å². The zero-order valence-corrected chi connectivity index (χ0v) is 12.8. The van der Waals surface area contributed by atoms with Crippen molar-refractivity contribution in [2.24, 2.45) is 0 Å². The van der Waals surface area contributed by atoms with Gasteiger partial charge in [-0.15, -0.1) is 6.58 Å². The van der Waals surface area contributed by atoms with Crippen molar-refractivity contribution < 1.29 is 9.32 Å². The fraction of sp³-hybridized carbons (Fsp3) is 0.385. The standard InChI is InChI=1S/C13H17Cl2NO2S/c1-2-5-16(6-8-17)7-9-19(18)13-10-11(14)3-4-12(13)15/h2-4,10,17H,1,5-9H2. The summed E-state index contributed by atoms with van der Waals surface area (Å²) in [6.07, 6.45) is 1.75. The van der Waals surface area contributed by atoms with Gasteiger partial charge in [0.2, 0.25) is 0 Å². The first-order chi connectivity index (χ1) is 9.08. The van der Waals surface area contributed by atoms with E-state index in [1.54, 1.807) is 24.3 Å². The van der Waals surface area contributed by atoms with Crippen LogP contribution < -0.4 is 0 Å². The summed E-state index contributed by atoms with van der Waals surface area (Å²) in [5.41, 5.74) is 0. The molecule has 19 heavy (non-hydrogen) atoms. The maximum absolute atomic E-state index is 12.2. The summed E-state index contributed by atoms with van der Waals surface area (Å²) in [6.45, 7) is 5.51. The Morgan fingerprint density at radius 2 is 2.11 bits per heavy atom. The Morgan fingerprint density at radius 1 is 1.37 bits per heavy atom. The van der Waals surface area contributed by atoms with E-state index in [1.165, 1.54) is 0 Å². The molecular weight excluding hydrogens is 305 g/mol. The SMILES string of the molecule is C=CCN(CCO)CCS(=O)c1cc(Cl)ccc1Cl. The second-order valence-electron chi connectivity index (χ2n) is 3.94. The van der Waals surface area contributed by atoms with Gasteiger partial charge in [-0.2, -0.15) is 0 Å². The van der Waals surface area contributed by atoms with Crippen LogP contribution in [0.5, 0.6) is 0 Å². The highest BCUT2D eigenvalue weighted by Crippen LogP contribution is 2.23. The first-order valence-corrected chi connectivity index (χ1v) is 7.93. The Morgan fingerprint density at radius 3 is 2.74 bits per heavy atom. The number of benzene rings is 1. The van der Waals surface area contributed by atoms with Crippen LogP contribution in [0.1, 0.15) is 0 Å². The minimum Gasteiger partial charge on any atom is -0.395 e. The fourth-order valence-corrected chi connectivity index (χ4v) is 3.39. The monoisotopic (exact) mass is 321 g/mol. The third-order valence-corrected chi connectivity index (χ3v) is 4.59. The molecule has 0 saturated heterocycles. The number of halogens is 2. The van der Waals surface area contributed by atoms with Gasteiger partial charge in [0.25, 0.3) is 0 Å². The van der Waals surface area contributed by atoms with Crippen LogP contribution in [0.2, 0.25) is 10.0 Å². The van der Waals surface area contributed by atoms with E-state index in [4.69, 9.17) is 28.3 Å². The third-order valence-electron chi connectivity index (χ3n) is 2.53. The van der Waals surface area contributed by atoms with Crippen molar-refractivity contribution in [3.05, 3.63) is 40.9 Å². The highest BCUT2D eigenvalue weighted by Gasteiger charge is 2.11. The smallest absolute Gasteiger partial charge is 0.0589 e. The maximum Gasteiger partial charge on any atom is 0.0589 e. The van der Waals surface area contributed by atoms with E-state index in [1.807, 2.05) is 4.90 Å². The van der Waals surface area contributed by atoms with E-state index in [0.717, 1.165) is 0 Å². The summed E-state index contributed by atoms with van der Waals surface area (Å²) in [5, 5.41) is 9.91. The van der Waals surface area contributed by atoms with E-state index in [9.17, 15) is 4.21 Å². The number of aliphatic hydroxyl groups is 1. The molecule has 0 spiro atoms. The van der Waals surface area contributed by atoms with Crippen LogP contribution in [0.15, 0.2) is 35.7 Å². The summed E-state index contributed by atoms with van der Waals surface area (Å²) in [5.74, 6) is 0.438. The summed E-state index contributed by atoms with van der Waals surface area (Å²) >= 11 is 11.9. The molecule has 0 bridgehead atoms. The highest BCUT2D eigenvalue weighted by molar-refractivity contribution is 7.85. The van der Waals surface area contributed by atoms with Crippen LogP contribution in [0.3, 0.4) is 0 Å². The maximum atomic E-state index is 12.2. The van der Waals surface area contributed by atoms with E-state index < -0.39 is 10.8 Å². The van der Waals surface area contributed by atoms with Crippen molar-refractivity contribution in [1.29, 1.82) is 0 Å². The van der Waals surface area contributed by atoms with Crippen molar-refractivity contribution in [2.75, 3.05) is 32.0 Å². The molecule has 1 unspecified atom stereocenters. The Kier molecular flexibility index (Phi) is 7.64. The number of rotatable bonds is 8. The lowest BCUT2D eigenvalue weighted by atomic mass is 10.4. The minimum absolute atomic E-state index is 0.0679. The van der Waals surface area contributed by atoms with E-state index in [-0.39, 0.29) is 6.61 Å². The number of nitrogens with zero attached hydrogens (tertiary/aromatic N) is 1. The number of hydrogen-bond acceptors (Lipinski definition) is 3. The van der Waals surface area contributed by atoms with Gasteiger partial charge in [0.05, 0.1) is 27.3 Å². The largest absolute Gasteiger partial charge is 0.395 e. The Labute approximate surface area is 126 Å². The molecule has 1 N–H and O–H groups in total. The second kappa shape index (κ2) is 8.72. The highest BCUT2D eigenvalue weighted by atomic mass is 35.5. The molecule has 0 amide bonds. The lowest BCUT2D eigenvalue weighted by Gasteiger charge is -2.19. The average Bonchev–Trinajstić information content (AvgIpc) is 2.39. The Balaban J connectivity index is 2.63. The lowest BCUT2D eigenvalue weighted by molar-refractivity contribution is 0.215. The molecule has 1 aromatic rings. The van der Waals surface area contributed by atoms with Gasteiger partial charge in [-0.3, -0.25) is 9.11 Å². The first-order valence-electron chi connectivity index (χ1n) is 5.86. The quantitative estimate of drug-likeness (QED) is 0.748. The molecule has 0 radical (unpaired) electrons. The molecule has 0 heterocycles. The van der Waals surface area contributed by atoms with Crippen LogP contribution >= 0.6 is 23.2 Å². The van der Waals surface area contributed by atoms with Gasteiger partial charge in [-0.25, -0.2) is 0 Å². The van der Waals surface area contributed by atoms with E-state index in [0.29, 0.717) is 40.3 Å². The van der Waals surface area contributed by atoms with Crippen LogP contribution in [-0.4, -0.2) is 46.2 Å². The normalized spacial score (nSPS) is 12.6. The zero-order valence-electron chi connectivity index (χ0n) is 10.5. The van der Waals surface area contributed by atoms with E-state index in [2.05, 4.69) is 6.58 Å². The molecule has 106 valence electrons. The predicted molar refractivity (Wildman–Crippen MR) is 81.5 cm³/mol. The van der Waals surface area contributed by atoms with Gasteiger partial charge >= 0.3 is 0 Å². The predicted octanol–water partition coefficient (Wildman–Crippen LogP) is 2.58. The van der Waals surface area contributed by atoms with E-state index >= 15 is 0 Å². The molecule has 1 rings (SSSR count). The molecule has 3 nitrogen and oxygen atoms in total. The third kappa shape index (κ3) is 5.63. The summed E-state index contributed by atoms with van der Waals surface area (Å²) in [6, 6.07) is 4.94. The summed E-state index contributed by atoms with van der Waals surface area (Å²) < 4.78 is 12.2. The van der Waals surface area contributed by atoms with Gasteiger partial charge in [-0.1, -0.05) is 29.3 Å². The van der Waals surface area contributed by atoms with Crippen molar-refractivity contribution in [1.82, 2.24) is 4.90 Å². The molecule has 0 saturated carbocycles. The summed E-state index contributed by atoms with van der Waals surface area (Å²) in [7, 11) is -1.21. The average molecular weight is 322 g/mol. The lowest BCUT2D eigenvalue weighted by Crippen LogP contribution is -2.31. The van der Waals surface area contributed by atoms with Crippen LogP contribution in [0, 0.1) is 0 Å². The van der Waals surface area contributed by atoms with Gasteiger partial charge in [0.15, 0.2) is 0 Å². The number of aliphatic hydroxyl groups excluding tert-OH is 1. The van der Waals surface area contributed by atoms with Crippen LogP contribution in [0.4, 0.5) is 0 Å². The van der Waals surface area contributed by atoms with Gasteiger partial charge in [0.1, 0.15) is 0 Å². The Bertz CT molecular complexity index is 454. The molecule has 0 aromatic heterocycles. The Hall–Kier alpha value is -0.390. The molecule has 0 aliphatic heterocycles. The molecule has 6 heteroatoms. The summed E-state index contributed by atoms with van der Waals surface area (Å²) in [4.78, 5) is 2.53. The van der Waals surface area contributed by atoms with Gasteiger partial charge in [-0.05, 0) is 18.2 Å². The molecular formula is C13H17Cl2NO2S. The van der Waals surface area contributed by atoms with Gasteiger partial charge < -0.3 is 5.11 Å². The van der Waals surface area contributed by atoms with Crippen LogP contribution in [0.25, 0.3) is 0 Å². The molecule has 1 aromatic carbocycles.